The number of imidazole rings is 1. The number of nitrogens with zero attached hydrogens (tertiary/aromatic N) is 2. The molecule has 8 heteroatoms. The highest BCUT2D eigenvalue weighted by Crippen LogP contribution is 2.43. The molecule has 0 bridgehead atoms. The van der Waals surface area contributed by atoms with E-state index in [1.807, 2.05) is 10.6 Å². The third-order valence-corrected chi connectivity index (χ3v) is 7.07. The van der Waals surface area contributed by atoms with Crippen molar-refractivity contribution in [1.29, 1.82) is 0 Å². The molecule has 0 spiro atoms. The van der Waals surface area contributed by atoms with Gasteiger partial charge in [-0.25, -0.2) is 4.79 Å². The quantitative estimate of drug-likeness (QED) is 0.822. The lowest BCUT2D eigenvalue weighted by molar-refractivity contribution is -0.157. The number of ether oxygens (including phenoxy) is 1. The van der Waals surface area contributed by atoms with Gasteiger partial charge in [-0.1, -0.05) is 12.8 Å². The summed E-state index contributed by atoms with van der Waals surface area (Å²) >= 11 is 0. The lowest BCUT2D eigenvalue weighted by Gasteiger charge is -2.33. The Morgan fingerprint density at radius 3 is 2.76 bits per heavy atom. The van der Waals surface area contributed by atoms with Gasteiger partial charge in [-0.2, -0.15) is 0 Å². The zero-order chi connectivity index (χ0) is 20.2. The third kappa shape index (κ3) is 2.80. The molecule has 29 heavy (non-hydrogen) atoms. The number of H-pyrrole nitrogens is 1. The van der Waals surface area contributed by atoms with Gasteiger partial charge in [-0.3, -0.25) is 14.2 Å². The van der Waals surface area contributed by atoms with Crippen LogP contribution < -0.4 is 5.69 Å². The zero-order valence-electron chi connectivity index (χ0n) is 16.2. The molecule has 2 saturated heterocycles. The average molecular weight is 399 g/mol. The fourth-order valence-electron chi connectivity index (χ4n) is 5.43. The molecule has 3 fully saturated rings. The summed E-state index contributed by atoms with van der Waals surface area (Å²) in [5.74, 6) is -1.24. The smallest absolute Gasteiger partial charge is 0.326 e. The van der Waals surface area contributed by atoms with E-state index in [-0.39, 0.29) is 30.1 Å². The van der Waals surface area contributed by atoms with Crippen LogP contribution >= 0.6 is 0 Å². The van der Waals surface area contributed by atoms with Crippen LogP contribution in [0, 0.1) is 11.3 Å². The first-order valence-electron chi connectivity index (χ1n) is 10.3. The summed E-state index contributed by atoms with van der Waals surface area (Å²) in [4.78, 5) is 42.1. The molecular formula is C21H25N3O5. The Kier molecular flexibility index (Phi) is 4.27. The Bertz CT molecular complexity index is 1030. The van der Waals surface area contributed by atoms with Crippen molar-refractivity contribution in [3.63, 3.8) is 0 Å². The van der Waals surface area contributed by atoms with Crippen molar-refractivity contribution in [3.8, 4) is 0 Å². The fraction of sp³-hybridized carbons (Fsp3) is 0.571. The largest absolute Gasteiger partial charge is 0.481 e. The van der Waals surface area contributed by atoms with Crippen molar-refractivity contribution in [2.75, 3.05) is 26.3 Å². The van der Waals surface area contributed by atoms with Gasteiger partial charge in [0.2, 0.25) is 0 Å². The average Bonchev–Trinajstić information content (AvgIpc) is 3.43. The van der Waals surface area contributed by atoms with Gasteiger partial charge in [-0.15, -0.1) is 0 Å². The van der Waals surface area contributed by atoms with E-state index in [1.54, 1.807) is 17.0 Å². The lowest BCUT2D eigenvalue weighted by Crippen LogP contribution is -2.45. The van der Waals surface area contributed by atoms with Crippen molar-refractivity contribution in [2.45, 2.75) is 38.1 Å². The van der Waals surface area contributed by atoms with Crippen LogP contribution in [0.1, 0.15) is 48.5 Å². The van der Waals surface area contributed by atoms with Crippen LogP contribution in [-0.2, 0) is 9.53 Å². The molecule has 3 aliphatic rings. The van der Waals surface area contributed by atoms with E-state index in [2.05, 4.69) is 4.98 Å². The molecule has 1 saturated carbocycles. The van der Waals surface area contributed by atoms with Gasteiger partial charge < -0.3 is 19.7 Å². The summed E-state index contributed by atoms with van der Waals surface area (Å²) < 4.78 is 7.29. The first-order valence-corrected chi connectivity index (χ1v) is 10.3. The number of benzene rings is 1. The van der Waals surface area contributed by atoms with Gasteiger partial charge in [0.15, 0.2) is 0 Å². The second-order valence-electron chi connectivity index (χ2n) is 8.64. The number of hydrogen-bond donors (Lipinski definition) is 2. The predicted molar refractivity (Wildman–Crippen MR) is 105 cm³/mol. The normalized spacial score (nSPS) is 27.4. The number of aliphatic carboxylic acids is 1. The monoisotopic (exact) mass is 399 g/mol. The number of carboxylic acid groups (broad SMARTS) is 1. The van der Waals surface area contributed by atoms with Gasteiger partial charge in [0.05, 0.1) is 23.1 Å². The minimum atomic E-state index is -0.919. The molecular weight excluding hydrogens is 374 g/mol. The maximum atomic E-state index is 13.1. The fourth-order valence-corrected chi connectivity index (χ4v) is 5.43. The first-order chi connectivity index (χ1) is 14.0. The summed E-state index contributed by atoms with van der Waals surface area (Å²) in [5.41, 5.74) is 0.894. The van der Waals surface area contributed by atoms with E-state index in [4.69, 9.17) is 4.74 Å². The summed E-state index contributed by atoms with van der Waals surface area (Å²) in [6.07, 6.45) is 4.69. The Morgan fingerprint density at radius 2 is 2.03 bits per heavy atom. The highest BCUT2D eigenvalue weighted by molar-refractivity contribution is 5.98. The molecule has 1 aliphatic carbocycles. The minimum Gasteiger partial charge on any atom is -0.481 e. The van der Waals surface area contributed by atoms with Crippen molar-refractivity contribution in [2.24, 2.45) is 11.3 Å². The Hall–Kier alpha value is -2.61. The van der Waals surface area contributed by atoms with E-state index < -0.39 is 11.4 Å². The molecule has 2 N–H and O–H groups in total. The topological polar surface area (TPSA) is 105 Å². The molecule has 1 aromatic heterocycles. The van der Waals surface area contributed by atoms with Gasteiger partial charge in [0.25, 0.3) is 5.91 Å². The zero-order valence-corrected chi connectivity index (χ0v) is 16.2. The number of carbonyl (C=O) groups excluding carboxylic acids is 1. The number of aromatic amines is 1. The van der Waals surface area contributed by atoms with Crippen molar-refractivity contribution < 1.29 is 19.4 Å². The second kappa shape index (κ2) is 6.73. The van der Waals surface area contributed by atoms with E-state index >= 15 is 0 Å². The molecule has 1 aromatic carbocycles. The standard InChI is InChI=1S/C21H25N3O5/c25-18(23-10-14-11-29-8-7-21(14,12-23)19(26)27)13-5-6-17-16(9-13)22-20(28)24(17)15-3-1-2-4-15/h5-6,9,14-15H,1-4,7-8,10-12H2,(H,22,28)(H,26,27)/t14-,21+/m0/s1. The molecule has 8 nitrogen and oxygen atoms in total. The molecule has 0 unspecified atom stereocenters. The van der Waals surface area contributed by atoms with Crippen LogP contribution in [0.15, 0.2) is 23.0 Å². The molecule has 5 rings (SSSR count). The van der Waals surface area contributed by atoms with Crippen LogP contribution in [0.25, 0.3) is 11.0 Å². The Morgan fingerprint density at radius 1 is 1.24 bits per heavy atom. The molecule has 2 atom stereocenters. The Balaban J connectivity index is 1.44. The number of carbonyl (C=O) groups is 2. The number of amides is 1. The van der Waals surface area contributed by atoms with Gasteiger partial charge in [0, 0.05) is 37.2 Å². The van der Waals surface area contributed by atoms with E-state index in [0.717, 1.165) is 31.2 Å². The first kappa shape index (κ1) is 18.4. The third-order valence-electron chi connectivity index (χ3n) is 7.07. The molecule has 2 aromatic rings. The Labute approximate surface area is 167 Å². The van der Waals surface area contributed by atoms with E-state index in [1.165, 1.54) is 0 Å². The van der Waals surface area contributed by atoms with Crippen molar-refractivity contribution >= 4 is 22.9 Å². The summed E-state index contributed by atoms with van der Waals surface area (Å²) in [6.45, 7) is 1.36. The molecule has 154 valence electrons. The van der Waals surface area contributed by atoms with Crippen molar-refractivity contribution in [1.82, 2.24) is 14.5 Å². The number of likely N-dealkylation sites (tertiary alicyclic amines) is 1. The molecule has 0 radical (unpaired) electrons. The summed E-state index contributed by atoms with van der Waals surface area (Å²) in [7, 11) is 0. The number of rotatable bonds is 3. The number of fused-ring (bicyclic) bond motifs is 2. The molecule has 1 amide bonds. The highest BCUT2D eigenvalue weighted by Gasteiger charge is 2.55. The van der Waals surface area contributed by atoms with E-state index in [0.29, 0.717) is 37.3 Å². The number of hydrogen-bond acceptors (Lipinski definition) is 4. The minimum absolute atomic E-state index is 0.134. The van der Waals surface area contributed by atoms with Gasteiger partial charge >= 0.3 is 11.7 Å². The number of aromatic nitrogens is 2. The number of nitrogens with one attached hydrogen (secondary N) is 1. The van der Waals surface area contributed by atoms with Crippen LogP contribution in [0.3, 0.4) is 0 Å². The molecule has 3 heterocycles. The van der Waals surface area contributed by atoms with Crippen LogP contribution in [0.4, 0.5) is 0 Å². The highest BCUT2D eigenvalue weighted by atomic mass is 16.5. The van der Waals surface area contributed by atoms with Gasteiger partial charge in [-0.05, 0) is 37.5 Å². The maximum absolute atomic E-state index is 13.1. The summed E-state index contributed by atoms with van der Waals surface area (Å²) in [6, 6.07) is 5.51. The SMILES string of the molecule is O=C(c1ccc2c(c1)[nH]c(=O)n2C1CCCC1)N1C[C@H]2COCC[C@@]2(C(=O)O)C1. The van der Waals surface area contributed by atoms with E-state index in [9.17, 15) is 19.5 Å². The lowest BCUT2D eigenvalue weighted by atomic mass is 9.74. The van der Waals surface area contributed by atoms with Crippen LogP contribution in [0.2, 0.25) is 0 Å². The van der Waals surface area contributed by atoms with Crippen LogP contribution in [-0.4, -0.2) is 57.7 Å². The summed E-state index contributed by atoms with van der Waals surface area (Å²) in [5, 5.41) is 9.81. The number of carboxylic acids is 1. The predicted octanol–water partition coefficient (Wildman–Crippen LogP) is 2.01. The van der Waals surface area contributed by atoms with Gasteiger partial charge in [0.1, 0.15) is 0 Å². The van der Waals surface area contributed by atoms with Crippen LogP contribution in [0.5, 0.6) is 0 Å². The maximum Gasteiger partial charge on any atom is 0.326 e. The second-order valence-corrected chi connectivity index (χ2v) is 8.64. The van der Waals surface area contributed by atoms with Crippen molar-refractivity contribution in [3.05, 3.63) is 34.2 Å². The molecule has 2 aliphatic heterocycles.